The van der Waals surface area contributed by atoms with Gasteiger partial charge in [-0.1, -0.05) is 91.0 Å². The third-order valence-electron chi connectivity index (χ3n) is 4.97. The SMILES string of the molecule is C[C@@H](CCc1ccccc1)NC(=O)C[NH2+]C(c1ccccc1)c1ccccc1. The summed E-state index contributed by atoms with van der Waals surface area (Å²) in [5, 5.41) is 5.25. The maximum absolute atomic E-state index is 12.5. The Morgan fingerprint density at radius 3 is 1.86 bits per heavy atom. The molecule has 3 heteroatoms. The van der Waals surface area contributed by atoms with Gasteiger partial charge in [0.1, 0.15) is 6.04 Å². The van der Waals surface area contributed by atoms with Gasteiger partial charge in [-0.2, -0.15) is 0 Å². The average molecular weight is 374 g/mol. The molecule has 0 aromatic heterocycles. The molecule has 28 heavy (non-hydrogen) atoms. The van der Waals surface area contributed by atoms with Crippen molar-refractivity contribution in [2.24, 2.45) is 0 Å². The number of carbonyl (C=O) groups is 1. The monoisotopic (exact) mass is 373 g/mol. The van der Waals surface area contributed by atoms with E-state index in [1.807, 2.05) is 42.5 Å². The molecule has 0 saturated heterocycles. The van der Waals surface area contributed by atoms with Gasteiger partial charge in [0.2, 0.25) is 0 Å². The molecule has 0 unspecified atom stereocenters. The minimum absolute atomic E-state index is 0.0809. The first-order valence-corrected chi connectivity index (χ1v) is 9.99. The first-order valence-electron chi connectivity index (χ1n) is 9.99. The molecule has 1 atom stereocenters. The van der Waals surface area contributed by atoms with Gasteiger partial charge in [0.05, 0.1) is 0 Å². The van der Waals surface area contributed by atoms with Crippen LogP contribution in [0, 0.1) is 0 Å². The summed E-state index contributed by atoms with van der Waals surface area (Å²) < 4.78 is 0. The summed E-state index contributed by atoms with van der Waals surface area (Å²) in [5.41, 5.74) is 3.72. The Bertz CT molecular complexity index is 795. The normalized spacial score (nSPS) is 11.9. The van der Waals surface area contributed by atoms with E-state index in [0.717, 1.165) is 12.8 Å². The number of aryl methyl sites for hydroxylation is 1. The number of amides is 1. The average Bonchev–Trinajstić information content (AvgIpc) is 2.75. The number of nitrogens with one attached hydrogen (secondary N) is 1. The lowest BCUT2D eigenvalue weighted by Gasteiger charge is -2.18. The Balaban J connectivity index is 1.53. The van der Waals surface area contributed by atoms with Crippen molar-refractivity contribution < 1.29 is 10.1 Å². The Labute approximate surface area is 167 Å². The van der Waals surface area contributed by atoms with Gasteiger partial charge in [0, 0.05) is 17.2 Å². The summed E-state index contributed by atoms with van der Waals surface area (Å²) in [5.74, 6) is 0.0809. The molecular weight excluding hydrogens is 344 g/mol. The number of quaternary nitrogens is 1. The van der Waals surface area contributed by atoms with E-state index >= 15 is 0 Å². The van der Waals surface area contributed by atoms with Crippen molar-refractivity contribution >= 4 is 5.91 Å². The second-order valence-corrected chi connectivity index (χ2v) is 7.23. The van der Waals surface area contributed by atoms with Crippen molar-refractivity contribution in [1.82, 2.24) is 5.32 Å². The highest BCUT2D eigenvalue weighted by molar-refractivity contribution is 5.77. The second kappa shape index (κ2) is 10.4. The van der Waals surface area contributed by atoms with Crippen LogP contribution in [0.1, 0.15) is 36.1 Å². The molecule has 3 nitrogen and oxygen atoms in total. The molecule has 3 aromatic carbocycles. The van der Waals surface area contributed by atoms with E-state index in [-0.39, 0.29) is 18.0 Å². The molecule has 3 N–H and O–H groups in total. The van der Waals surface area contributed by atoms with E-state index in [0.29, 0.717) is 6.54 Å². The van der Waals surface area contributed by atoms with Crippen LogP contribution in [-0.4, -0.2) is 18.5 Å². The van der Waals surface area contributed by atoms with Crippen molar-refractivity contribution in [2.45, 2.75) is 31.8 Å². The molecule has 0 bridgehead atoms. The predicted octanol–water partition coefficient (Wildman–Crippen LogP) is 3.48. The maximum Gasteiger partial charge on any atom is 0.275 e. The second-order valence-electron chi connectivity index (χ2n) is 7.23. The van der Waals surface area contributed by atoms with Crippen LogP contribution in [0.25, 0.3) is 0 Å². The van der Waals surface area contributed by atoms with Crippen molar-refractivity contribution in [3.05, 3.63) is 108 Å². The largest absolute Gasteiger partial charge is 0.349 e. The molecular formula is C25H29N2O+. The number of rotatable bonds is 9. The van der Waals surface area contributed by atoms with Crippen LogP contribution in [0.15, 0.2) is 91.0 Å². The molecule has 3 rings (SSSR count). The van der Waals surface area contributed by atoms with Crippen molar-refractivity contribution in [1.29, 1.82) is 0 Å². The highest BCUT2D eigenvalue weighted by Crippen LogP contribution is 2.17. The summed E-state index contributed by atoms with van der Waals surface area (Å²) in [4.78, 5) is 12.5. The summed E-state index contributed by atoms with van der Waals surface area (Å²) in [6.45, 7) is 2.48. The Kier molecular flexibility index (Phi) is 7.39. The number of benzene rings is 3. The van der Waals surface area contributed by atoms with Gasteiger partial charge in [-0.25, -0.2) is 0 Å². The molecule has 144 valence electrons. The molecule has 0 fully saturated rings. The fraction of sp³-hybridized carbons (Fsp3) is 0.240. The third kappa shape index (κ3) is 6.07. The van der Waals surface area contributed by atoms with Crippen molar-refractivity contribution in [2.75, 3.05) is 6.54 Å². The maximum atomic E-state index is 12.5. The fourth-order valence-electron chi connectivity index (χ4n) is 3.44. The van der Waals surface area contributed by atoms with Crippen LogP contribution < -0.4 is 10.6 Å². The van der Waals surface area contributed by atoms with E-state index in [9.17, 15) is 4.79 Å². The predicted molar refractivity (Wildman–Crippen MR) is 114 cm³/mol. The summed E-state index contributed by atoms with van der Waals surface area (Å²) >= 11 is 0. The van der Waals surface area contributed by atoms with E-state index in [1.54, 1.807) is 0 Å². The summed E-state index contributed by atoms with van der Waals surface area (Å²) in [7, 11) is 0. The van der Waals surface area contributed by atoms with Gasteiger partial charge in [-0.3, -0.25) is 4.79 Å². The van der Waals surface area contributed by atoms with E-state index < -0.39 is 0 Å². The van der Waals surface area contributed by atoms with Crippen molar-refractivity contribution in [3.63, 3.8) is 0 Å². The van der Waals surface area contributed by atoms with Gasteiger partial charge in [-0.05, 0) is 25.3 Å². The number of hydrogen-bond donors (Lipinski definition) is 2. The number of hydrogen-bond acceptors (Lipinski definition) is 1. The van der Waals surface area contributed by atoms with E-state index in [4.69, 9.17) is 0 Å². The van der Waals surface area contributed by atoms with Gasteiger partial charge in [-0.15, -0.1) is 0 Å². The number of carbonyl (C=O) groups excluding carboxylic acids is 1. The first-order chi connectivity index (χ1) is 13.7. The van der Waals surface area contributed by atoms with Crippen LogP contribution in [0.5, 0.6) is 0 Å². The van der Waals surface area contributed by atoms with Gasteiger partial charge < -0.3 is 10.6 Å². The van der Waals surface area contributed by atoms with Gasteiger partial charge >= 0.3 is 0 Å². The van der Waals surface area contributed by atoms with E-state index in [2.05, 4.69) is 66.1 Å². The van der Waals surface area contributed by atoms with Crippen LogP contribution in [0.4, 0.5) is 0 Å². The molecule has 0 aliphatic carbocycles. The lowest BCUT2D eigenvalue weighted by Crippen LogP contribution is -2.87. The molecule has 0 heterocycles. The van der Waals surface area contributed by atoms with Crippen LogP contribution >= 0.6 is 0 Å². The molecule has 3 aromatic rings. The lowest BCUT2D eigenvalue weighted by atomic mass is 9.99. The summed E-state index contributed by atoms with van der Waals surface area (Å²) in [6.07, 6.45) is 1.92. The highest BCUT2D eigenvalue weighted by atomic mass is 16.1. The highest BCUT2D eigenvalue weighted by Gasteiger charge is 2.19. The topological polar surface area (TPSA) is 45.7 Å². The zero-order valence-corrected chi connectivity index (χ0v) is 16.4. The standard InChI is InChI=1S/C25H28N2O/c1-20(17-18-21-11-5-2-6-12-21)27-24(28)19-26-25(22-13-7-3-8-14-22)23-15-9-4-10-16-23/h2-16,20,25-26H,17-19H2,1H3,(H,27,28)/p+1/t20-/m0/s1. The van der Waals surface area contributed by atoms with Gasteiger partial charge in [0.15, 0.2) is 6.54 Å². The molecule has 0 saturated carbocycles. The molecule has 0 spiro atoms. The zero-order chi connectivity index (χ0) is 19.6. The fourth-order valence-corrected chi connectivity index (χ4v) is 3.44. The summed E-state index contributed by atoms with van der Waals surface area (Å²) in [6, 6.07) is 31.4. The molecule has 1 amide bonds. The quantitative estimate of drug-likeness (QED) is 0.593. The minimum atomic E-state index is 0.0809. The van der Waals surface area contributed by atoms with Crippen molar-refractivity contribution in [3.8, 4) is 0 Å². The third-order valence-corrected chi connectivity index (χ3v) is 4.97. The Morgan fingerprint density at radius 2 is 1.32 bits per heavy atom. The Hall–Kier alpha value is -2.91. The lowest BCUT2D eigenvalue weighted by molar-refractivity contribution is -0.676. The van der Waals surface area contributed by atoms with Crippen LogP contribution in [-0.2, 0) is 11.2 Å². The van der Waals surface area contributed by atoms with Crippen LogP contribution in [0.3, 0.4) is 0 Å². The van der Waals surface area contributed by atoms with Crippen LogP contribution in [0.2, 0.25) is 0 Å². The molecule has 0 aliphatic rings. The Morgan fingerprint density at radius 1 is 0.821 bits per heavy atom. The smallest absolute Gasteiger partial charge is 0.275 e. The molecule has 0 radical (unpaired) electrons. The first kappa shape index (κ1) is 19.8. The van der Waals surface area contributed by atoms with Gasteiger partial charge in [0.25, 0.3) is 5.91 Å². The molecule has 0 aliphatic heterocycles. The number of nitrogens with two attached hydrogens (primary N) is 1. The zero-order valence-electron chi connectivity index (χ0n) is 16.4. The minimum Gasteiger partial charge on any atom is -0.349 e. The van der Waals surface area contributed by atoms with E-state index in [1.165, 1.54) is 16.7 Å².